The Balaban J connectivity index is 1.30. The Hall–Kier alpha value is -5.39. The number of carbonyl (C=O) groups is 3. The van der Waals surface area contributed by atoms with Crippen molar-refractivity contribution in [3.05, 3.63) is 124 Å². The molecule has 0 fully saturated rings. The van der Waals surface area contributed by atoms with Gasteiger partial charge in [-0.3, -0.25) is 14.4 Å². The number of anilines is 2. The molecule has 0 aliphatic heterocycles. The molecule has 4 aromatic carbocycles. The second kappa shape index (κ2) is 16.1. The van der Waals surface area contributed by atoms with Crippen LogP contribution >= 0.6 is 23.1 Å². The van der Waals surface area contributed by atoms with E-state index in [4.69, 9.17) is 9.47 Å². The monoisotopic (exact) mass is 692 g/mol. The summed E-state index contributed by atoms with van der Waals surface area (Å²) in [4.78, 5) is 46.4. The lowest BCUT2D eigenvalue weighted by Gasteiger charge is -2.14. The van der Waals surface area contributed by atoms with Crippen molar-refractivity contribution < 1.29 is 23.9 Å². The van der Waals surface area contributed by atoms with E-state index in [1.807, 2.05) is 51.1 Å². The molecule has 0 spiro atoms. The van der Waals surface area contributed by atoms with E-state index in [1.165, 1.54) is 35.8 Å². The molecule has 49 heavy (non-hydrogen) atoms. The second-order valence-corrected chi connectivity index (χ2v) is 13.6. The van der Waals surface area contributed by atoms with Gasteiger partial charge in [-0.15, -0.1) is 23.1 Å². The van der Waals surface area contributed by atoms with Gasteiger partial charge in [0, 0.05) is 38.2 Å². The van der Waals surface area contributed by atoms with E-state index in [-0.39, 0.29) is 11.6 Å². The number of nitrogens with zero attached hydrogens (tertiary/aromatic N) is 1. The lowest BCUT2D eigenvalue weighted by molar-refractivity contribution is -0.115. The molecule has 0 radical (unpaired) electrons. The smallest absolute Gasteiger partial charge is 0.272 e. The molecule has 1 unspecified atom stereocenters. The predicted octanol–water partition coefficient (Wildman–Crippen LogP) is 7.97. The van der Waals surface area contributed by atoms with Crippen LogP contribution in [0.15, 0.2) is 108 Å². The molecule has 11 heteroatoms. The Morgan fingerprint density at radius 3 is 2.33 bits per heavy atom. The van der Waals surface area contributed by atoms with Crippen LogP contribution in [0, 0.1) is 13.8 Å². The molecule has 1 atom stereocenters. The summed E-state index contributed by atoms with van der Waals surface area (Å²) < 4.78 is 10.8. The van der Waals surface area contributed by atoms with Gasteiger partial charge in [-0.2, -0.15) is 0 Å². The van der Waals surface area contributed by atoms with E-state index >= 15 is 0 Å². The highest BCUT2D eigenvalue weighted by atomic mass is 32.2. The fourth-order valence-electron chi connectivity index (χ4n) is 4.78. The summed E-state index contributed by atoms with van der Waals surface area (Å²) in [5, 5.41) is 8.66. The van der Waals surface area contributed by atoms with Gasteiger partial charge in [0.2, 0.25) is 5.91 Å². The van der Waals surface area contributed by atoms with E-state index in [0.29, 0.717) is 33.4 Å². The average molecular weight is 693 g/mol. The van der Waals surface area contributed by atoms with Crippen molar-refractivity contribution in [3.8, 4) is 22.8 Å². The number of aromatic nitrogens is 1. The van der Waals surface area contributed by atoms with Crippen LogP contribution in [0.25, 0.3) is 17.3 Å². The number of rotatable bonds is 12. The molecule has 0 saturated carbocycles. The number of aryl methyl sites for hydroxylation is 2. The summed E-state index contributed by atoms with van der Waals surface area (Å²) in [5.41, 5.74) is 4.47. The number of methoxy groups -OCH3 is 2. The summed E-state index contributed by atoms with van der Waals surface area (Å²) in [6.07, 6.45) is 1.55. The number of nitrogens with one attached hydrogen (secondary N) is 3. The quantitative estimate of drug-likeness (QED) is 0.0897. The van der Waals surface area contributed by atoms with E-state index < -0.39 is 17.1 Å². The van der Waals surface area contributed by atoms with Crippen LogP contribution in [-0.4, -0.2) is 42.2 Å². The summed E-state index contributed by atoms with van der Waals surface area (Å²) in [7, 11) is 3.06. The van der Waals surface area contributed by atoms with Crippen molar-refractivity contribution in [2.45, 2.75) is 30.9 Å². The molecule has 5 aromatic rings. The molecule has 1 aromatic heterocycles. The highest BCUT2D eigenvalue weighted by Gasteiger charge is 2.20. The van der Waals surface area contributed by atoms with Crippen LogP contribution in [0.4, 0.5) is 10.8 Å². The van der Waals surface area contributed by atoms with Crippen LogP contribution in [0.2, 0.25) is 0 Å². The topological polar surface area (TPSA) is 119 Å². The van der Waals surface area contributed by atoms with Crippen molar-refractivity contribution in [1.29, 1.82) is 0 Å². The zero-order valence-corrected chi connectivity index (χ0v) is 29.3. The summed E-state index contributed by atoms with van der Waals surface area (Å²) >= 11 is 2.78. The van der Waals surface area contributed by atoms with Gasteiger partial charge in [0.1, 0.15) is 17.2 Å². The number of amides is 3. The van der Waals surface area contributed by atoms with Crippen molar-refractivity contribution in [1.82, 2.24) is 10.3 Å². The Kier molecular flexibility index (Phi) is 11.5. The lowest BCUT2D eigenvalue weighted by atomic mass is 10.1. The molecule has 9 nitrogen and oxygen atoms in total. The maximum atomic E-state index is 13.7. The van der Waals surface area contributed by atoms with Crippen molar-refractivity contribution in [2.75, 3.05) is 24.9 Å². The minimum Gasteiger partial charge on any atom is -0.497 e. The Morgan fingerprint density at radius 1 is 0.857 bits per heavy atom. The minimum atomic E-state index is -0.543. The maximum Gasteiger partial charge on any atom is 0.272 e. The number of ether oxygens (including phenoxy) is 2. The molecule has 0 saturated heterocycles. The second-order valence-electron chi connectivity index (χ2n) is 11.0. The van der Waals surface area contributed by atoms with Gasteiger partial charge in [-0.25, -0.2) is 4.98 Å². The zero-order valence-electron chi connectivity index (χ0n) is 27.7. The molecular formula is C38H36N4O5S2. The number of thiazole rings is 1. The maximum absolute atomic E-state index is 13.7. The largest absolute Gasteiger partial charge is 0.497 e. The van der Waals surface area contributed by atoms with Crippen LogP contribution in [-0.2, 0) is 9.59 Å². The van der Waals surface area contributed by atoms with E-state index in [0.717, 1.165) is 21.0 Å². The van der Waals surface area contributed by atoms with Gasteiger partial charge in [-0.05, 0) is 69.3 Å². The summed E-state index contributed by atoms with van der Waals surface area (Å²) in [6, 6.07) is 29.1. The van der Waals surface area contributed by atoms with Crippen LogP contribution in [0.3, 0.4) is 0 Å². The fraction of sp³-hybridized carbons (Fsp3) is 0.158. The fourth-order valence-corrected chi connectivity index (χ4v) is 6.54. The average Bonchev–Trinajstić information content (AvgIpc) is 3.47. The van der Waals surface area contributed by atoms with Gasteiger partial charge in [-0.1, -0.05) is 54.1 Å². The highest BCUT2D eigenvalue weighted by Crippen LogP contribution is 2.32. The molecule has 0 aliphatic rings. The first-order valence-corrected chi connectivity index (χ1v) is 17.1. The number of benzene rings is 4. The molecule has 1 heterocycles. The molecule has 0 aliphatic carbocycles. The normalized spacial score (nSPS) is 11.7. The molecule has 0 bridgehead atoms. The standard InChI is InChI=1S/C38H36N4O5S2/c1-23-14-16-26(17-15-23)34-24(2)49-38(41-34)42-35(43)25(3)48-31-13-9-12-29(21-31)39-37(45)32(40-36(44)27-10-7-6-8-11-27)20-28-18-19-30(46-4)22-33(28)47-5/h6-22,25H,1-5H3,(H,39,45)(H,40,44)(H,41,42,43)/b32-20+. The summed E-state index contributed by atoms with van der Waals surface area (Å²) in [5.74, 6) is -0.132. The van der Waals surface area contributed by atoms with Crippen LogP contribution in [0.5, 0.6) is 11.5 Å². The molecule has 3 N–H and O–H groups in total. The van der Waals surface area contributed by atoms with Gasteiger partial charge in [0.15, 0.2) is 5.13 Å². The lowest BCUT2D eigenvalue weighted by Crippen LogP contribution is -2.30. The molecular weight excluding hydrogens is 657 g/mol. The highest BCUT2D eigenvalue weighted by molar-refractivity contribution is 8.00. The van der Waals surface area contributed by atoms with E-state index in [9.17, 15) is 14.4 Å². The Bertz CT molecular complexity index is 1990. The van der Waals surface area contributed by atoms with Crippen LogP contribution < -0.4 is 25.4 Å². The Morgan fingerprint density at radius 2 is 1.61 bits per heavy atom. The minimum absolute atomic E-state index is 0.00636. The zero-order chi connectivity index (χ0) is 34.9. The van der Waals surface area contributed by atoms with Crippen molar-refractivity contribution in [2.24, 2.45) is 0 Å². The summed E-state index contributed by atoms with van der Waals surface area (Å²) in [6.45, 7) is 5.84. The first-order chi connectivity index (χ1) is 23.6. The molecule has 250 valence electrons. The van der Waals surface area contributed by atoms with Gasteiger partial charge >= 0.3 is 0 Å². The number of hydrogen-bond acceptors (Lipinski definition) is 8. The first kappa shape index (κ1) is 34.9. The van der Waals surface area contributed by atoms with E-state index in [1.54, 1.807) is 79.9 Å². The Labute approximate surface area is 293 Å². The first-order valence-electron chi connectivity index (χ1n) is 15.4. The van der Waals surface area contributed by atoms with Gasteiger partial charge < -0.3 is 25.4 Å². The number of thioether (sulfide) groups is 1. The van der Waals surface area contributed by atoms with Gasteiger partial charge in [0.25, 0.3) is 11.8 Å². The van der Waals surface area contributed by atoms with Crippen LogP contribution in [0.1, 0.15) is 33.3 Å². The third kappa shape index (κ3) is 9.16. The molecule has 3 amide bonds. The van der Waals surface area contributed by atoms with Crippen molar-refractivity contribution >= 4 is 57.7 Å². The van der Waals surface area contributed by atoms with E-state index in [2.05, 4.69) is 20.9 Å². The third-order valence-electron chi connectivity index (χ3n) is 7.40. The third-order valence-corrected chi connectivity index (χ3v) is 9.37. The van der Waals surface area contributed by atoms with Gasteiger partial charge in [0.05, 0.1) is 25.2 Å². The SMILES string of the molecule is COc1ccc(/C=C(/NC(=O)c2ccccc2)C(=O)Nc2cccc(SC(C)C(=O)Nc3nc(-c4ccc(C)cc4)c(C)s3)c2)c(OC)c1. The molecule has 5 rings (SSSR count). The predicted molar refractivity (Wildman–Crippen MR) is 197 cm³/mol. The van der Waals surface area contributed by atoms with Crippen molar-refractivity contribution in [3.63, 3.8) is 0 Å². The number of carbonyl (C=O) groups excluding carboxylic acids is 3. The number of hydrogen-bond donors (Lipinski definition) is 3.